The molecular formula is C24H17N3O3S. The Morgan fingerprint density at radius 2 is 1.90 bits per heavy atom. The molecule has 152 valence electrons. The average Bonchev–Trinajstić information content (AvgIpc) is 3.52. The van der Waals surface area contributed by atoms with Gasteiger partial charge in [0.1, 0.15) is 5.82 Å². The third kappa shape index (κ3) is 3.91. The highest BCUT2D eigenvalue weighted by Crippen LogP contribution is 2.31. The standard InChI is InChI=1S/C24H17N3O3S/c28-24(29)16-7-5-15(6-8-16)14-25-22-18-10-9-17(21-4-2-12-31-21)13-19(18)26-23(27-22)20-3-1-11-30-20/h1-13H,14H2,(H,28,29)(H,25,26,27). The lowest BCUT2D eigenvalue weighted by Crippen LogP contribution is -2.05. The van der Waals surface area contributed by atoms with Gasteiger partial charge >= 0.3 is 5.97 Å². The summed E-state index contributed by atoms with van der Waals surface area (Å²) < 4.78 is 5.52. The number of rotatable bonds is 6. The van der Waals surface area contributed by atoms with E-state index in [1.54, 1.807) is 41.9 Å². The number of aromatic carboxylic acids is 1. The van der Waals surface area contributed by atoms with E-state index in [0.29, 0.717) is 23.9 Å². The highest BCUT2D eigenvalue weighted by atomic mass is 32.1. The lowest BCUT2D eigenvalue weighted by molar-refractivity contribution is 0.0697. The first-order chi connectivity index (χ1) is 15.2. The van der Waals surface area contributed by atoms with Gasteiger partial charge in [0, 0.05) is 16.8 Å². The van der Waals surface area contributed by atoms with Crippen LogP contribution in [0.25, 0.3) is 32.9 Å². The number of hydrogen-bond donors (Lipinski definition) is 2. The van der Waals surface area contributed by atoms with Gasteiger partial charge in [0.2, 0.25) is 0 Å². The Hall–Kier alpha value is -3.97. The van der Waals surface area contributed by atoms with Gasteiger partial charge < -0.3 is 14.8 Å². The van der Waals surface area contributed by atoms with Crippen molar-refractivity contribution in [1.82, 2.24) is 9.97 Å². The summed E-state index contributed by atoms with van der Waals surface area (Å²) in [6.45, 7) is 0.496. The van der Waals surface area contributed by atoms with Crippen molar-refractivity contribution in [3.63, 3.8) is 0 Å². The molecule has 6 nitrogen and oxygen atoms in total. The van der Waals surface area contributed by atoms with Gasteiger partial charge in [-0.3, -0.25) is 0 Å². The summed E-state index contributed by atoms with van der Waals surface area (Å²) >= 11 is 1.68. The van der Waals surface area contributed by atoms with Crippen molar-refractivity contribution in [2.45, 2.75) is 6.54 Å². The highest BCUT2D eigenvalue weighted by molar-refractivity contribution is 7.13. The molecule has 0 amide bonds. The van der Waals surface area contributed by atoms with Gasteiger partial charge in [-0.05, 0) is 59.0 Å². The first kappa shape index (κ1) is 19.0. The predicted octanol–water partition coefficient (Wildman–Crippen LogP) is 5.93. The van der Waals surface area contributed by atoms with Gasteiger partial charge in [0.25, 0.3) is 0 Å². The van der Waals surface area contributed by atoms with Crippen LogP contribution in [-0.2, 0) is 6.54 Å². The minimum absolute atomic E-state index is 0.262. The van der Waals surface area contributed by atoms with Crippen molar-refractivity contribution in [3.05, 3.63) is 89.5 Å². The van der Waals surface area contributed by atoms with Crippen LogP contribution in [0.3, 0.4) is 0 Å². The van der Waals surface area contributed by atoms with Gasteiger partial charge in [0.15, 0.2) is 11.6 Å². The largest absolute Gasteiger partial charge is 0.478 e. The molecule has 7 heteroatoms. The van der Waals surface area contributed by atoms with Crippen LogP contribution in [0.5, 0.6) is 0 Å². The minimum atomic E-state index is -0.939. The number of furan rings is 1. The Kier molecular flexibility index (Phi) is 4.93. The summed E-state index contributed by atoms with van der Waals surface area (Å²) in [6, 6.07) is 20.7. The van der Waals surface area contributed by atoms with Crippen molar-refractivity contribution >= 4 is 34.0 Å². The van der Waals surface area contributed by atoms with E-state index in [1.165, 1.54) is 4.88 Å². The summed E-state index contributed by atoms with van der Waals surface area (Å²) in [7, 11) is 0. The second kappa shape index (κ2) is 8.04. The molecule has 3 heterocycles. The molecule has 31 heavy (non-hydrogen) atoms. The van der Waals surface area contributed by atoms with Gasteiger partial charge in [-0.2, -0.15) is 0 Å². The maximum atomic E-state index is 11.1. The van der Waals surface area contributed by atoms with E-state index in [1.807, 2.05) is 24.3 Å². The number of benzene rings is 2. The average molecular weight is 427 g/mol. The molecule has 2 N–H and O–H groups in total. The lowest BCUT2D eigenvalue weighted by Gasteiger charge is -2.11. The van der Waals surface area contributed by atoms with E-state index in [-0.39, 0.29) is 5.56 Å². The Morgan fingerprint density at radius 3 is 2.61 bits per heavy atom. The summed E-state index contributed by atoms with van der Waals surface area (Å²) in [4.78, 5) is 21.7. The number of carboxylic acids is 1. The molecule has 0 aliphatic carbocycles. The second-order valence-corrected chi connectivity index (χ2v) is 7.89. The molecule has 0 bridgehead atoms. The molecule has 0 fully saturated rings. The number of carbonyl (C=O) groups is 1. The first-order valence-corrected chi connectivity index (χ1v) is 10.5. The van der Waals surface area contributed by atoms with Crippen molar-refractivity contribution in [3.8, 4) is 22.0 Å². The predicted molar refractivity (Wildman–Crippen MR) is 121 cm³/mol. The van der Waals surface area contributed by atoms with E-state index in [4.69, 9.17) is 14.5 Å². The summed E-state index contributed by atoms with van der Waals surface area (Å²) in [5.74, 6) is 0.851. The molecule has 5 aromatic rings. The molecular weight excluding hydrogens is 410 g/mol. The Morgan fingerprint density at radius 1 is 1.03 bits per heavy atom. The molecule has 0 radical (unpaired) electrons. The van der Waals surface area contributed by atoms with Crippen LogP contribution in [0, 0.1) is 0 Å². The zero-order valence-electron chi connectivity index (χ0n) is 16.3. The molecule has 0 unspecified atom stereocenters. The summed E-state index contributed by atoms with van der Waals surface area (Å²) in [5.41, 5.74) is 3.13. The van der Waals surface area contributed by atoms with E-state index >= 15 is 0 Å². The zero-order chi connectivity index (χ0) is 21.2. The number of fused-ring (bicyclic) bond motifs is 1. The molecule has 0 aliphatic heterocycles. The molecule has 0 saturated carbocycles. The van der Waals surface area contributed by atoms with Crippen LogP contribution in [0.4, 0.5) is 5.82 Å². The number of nitrogens with one attached hydrogen (secondary N) is 1. The van der Waals surface area contributed by atoms with E-state index < -0.39 is 5.97 Å². The van der Waals surface area contributed by atoms with Crippen molar-refractivity contribution in [1.29, 1.82) is 0 Å². The van der Waals surface area contributed by atoms with Crippen LogP contribution in [0.15, 0.2) is 82.8 Å². The van der Waals surface area contributed by atoms with Crippen LogP contribution >= 0.6 is 11.3 Å². The van der Waals surface area contributed by atoms with Crippen LogP contribution in [-0.4, -0.2) is 21.0 Å². The zero-order valence-corrected chi connectivity index (χ0v) is 17.1. The second-order valence-electron chi connectivity index (χ2n) is 6.94. The van der Waals surface area contributed by atoms with E-state index in [0.717, 1.165) is 22.0 Å². The number of thiophene rings is 1. The normalized spacial score (nSPS) is 11.0. The number of aromatic nitrogens is 2. The van der Waals surface area contributed by atoms with Crippen molar-refractivity contribution < 1.29 is 14.3 Å². The number of carboxylic acid groups (broad SMARTS) is 1. The van der Waals surface area contributed by atoms with Crippen molar-refractivity contribution in [2.24, 2.45) is 0 Å². The third-order valence-electron chi connectivity index (χ3n) is 4.91. The topological polar surface area (TPSA) is 88.2 Å². The van der Waals surface area contributed by atoms with Crippen molar-refractivity contribution in [2.75, 3.05) is 5.32 Å². The molecule has 5 rings (SSSR count). The Labute approximate surface area is 181 Å². The van der Waals surface area contributed by atoms with Crippen LogP contribution in [0.2, 0.25) is 0 Å². The minimum Gasteiger partial charge on any atom is -0.478 e. The fourth-order valence-electron chi connectivity index (χ4n) is 3.33. The maximum absolute atomic E-state index is 11.1. The van der Waals surface area contributed by atoms with Crippen LogP contribution in [0.1, 0.15) is 15.9 Å². The van der Waals surface area contributed by atoms with Gasteiger partial charge in [-0.25, -0.2) is 14.8 Å². The van der Waals surface area contributed by atoms with E-state index in [9.17, 15) is 4.79 Å². The number of nitrogens with zero attached hydrogens (tertiary/aromatic N) is 2. The number of anilines is 1. The third-order valence-corrected chi connectivity index (χ3v) is 5.82. The molecule has 0 atom stereocenters. The quantitative estimate of drug-likeness (QED) is 0.349. The van der Waals surface area contributed by atoms with Crippen LogP contribution < -0.4 is 5.32 Å². The fourth-order valence-corrected chi connectivity index (χ4v) is 4.05. The fraction of sp³-hybridized carbons (Fsp3) is 0.0417. The first-order valence-electron chi connectivity index (χ1n) is 9.63. The number of hydrogen-bond acceptors (Lipinski definition) is 6. The lowest BCUT2D eigenvalue weighted by atomic mass is 10.1. The molecule has 0 aliphatic rings. The molecule has 0 spiro atoms. The van der Waals surface area contributed by atoms with E-state index in [2.05, 4.69) is 33.9 Å². The Bertz CT molecular complexity index is 1340. The van der Waals surface area contributed by atoms with Gasteiger partial charge in [0.05, 0.1) is 17.3 Å². The maximum Gasteiger partial charge on any atom is 0.335 e. The molecule has 2 aromatic carbocycles. The SMILES string of the molecule is O=C(O)c1ccc(CNc2nc(-c3ccco3)nc3cc(-c4cccs4)ccc23)cc1. The Balaban J connectivity index is 1.53. The summed E-state index contributed by atoms with van der Waals surface area (Å²) in [5, 5.41) is 15.4. The smallest absolute Gasteiger partial charge is 0.335 e. The van der Waals surface area contributed by atoms with Gasteiger partial charge in [-0.15, -0.1) is 11.3 Å². The monoisotopic (exact) mass is 427 g/mol. The molecule has 0 saturated heterocycles. The summed E-state index contributed by atoms with van der Waals surface area (Å²) in [6.07, 6.45) is 1.60. The van der Waals surface area contributed by atoms with Gasteiger partial charge in [-0.1, -0.05) is 24.3 Å². The highest BCUT2D eigenvalue weighted by Gasteiger charge is 2.13. The molecule has 3 aromatic heterocycles.